The molecule has 1 N–H and O–H groups in total. The number of allylic oxidation sites excluding steroid dienone is 1. The van der Waals surface area contributed by atoms with Gasteiger partial charge in [0.2, 0.25) is 5.89 Å². The van der Waals surface area contributed by atoms with Crippen LogP contribution in [0.3, 0.4) is 0 Å². The molecule has 0 unspecified atom stereocenters. The number of nitrogens with one attached hydrogen (secondary N) is 1. The maximum absolute atomic E-state index is 5.63. The third-order valence-corrected chi connectivity index (χ3v) is 2.46. The molecule has 2 aromatic rings. The highest BCUT2D eigenvalue weighted by atomic mass is 16.3. The van der Waals surface area contributed by atoms with Crippen molar-refractivity contribution >= 4 is 17.2 Å². The van der Waals surface area contributed by atoms with Gasteiger partial charge < -0.3 is 9.73 Å². The van der Waals surface area contributed by atoms with Gasteiger partial charge >= 0.3 is 0 Å². The van der Waals surface area contributed by atoms with Crippen molar-refractivity contribution < 1.29 is 4.42 Å². The van der Waals surface area contributed by atoms with Crippen LogP contribution in [0.2, 0.25) is 0 Å². The summed E-state index contributed by atoms with van der Waals surface area (Å²) in [6.45, 7) is 8.01. The third-order valence-electron chi connectivity index (χ3n) is 2.46. The van der Waals surface area contributed by atoms with Gasteiger partial charge in [-0.1, -0.05) is 18.6 Å². The second kappa shape index (κ2) is 5.15. The minimum absolute atomic E-state index is 0.681. The number of hydrogen-bond donors (Lipinski definition) is 1. The second-order valence-corrected chi connectivity index (χ2v) is 4.36. The first-order chi connectivity index (χ1) is 8.19. The van der Waals surface area contributed by atoms with E-state index in [1.54, 1.807) is 0 Å². The fourth-order valence-electron chi connectivity index (χ4n) is 1.68. The molecule has 0 spiro atoms. The van der Waals surface area contributed by atoms with Crippen LogP contribution < -0.4 is 5.32 Å². The monoisotopic (exact) mass is 230 g/mol. The lowest BCUT2D eigenvalue weighted by atomic mass is 10.2. The van der Waals surface area contributed by atoms with Crippen LogP contribution >= 0.6 is 0 Å². The average Bonchev–Trinajstić information content (AvgIpc) is 2.66. The predicted octanol–water partition coefficient (Wildman–Crippen LogP) is 3.36. The number of nitrogens with zero attached hydrogens (tertiary/aromatic N) is 1. The molecule has 0 saturated carbocycles. The molecule has 0 aliphatic carbocycles. The molecule has 0 bridgehead atoms. The molecule has 0 saturated heterocycles. The Hall–Kier alpha value is -1.61. The number of benzene rings is 1. The zero-order valence-corrected chi connectivity index (χ0v) is 10.6. The van der Waals surface area contributed by atoms with E-state index in [-0.39, 0.29) is 0 Å². The summed E-state index contributed by atoms with van der Waals surface area (Å²) >= 11 is 0. The zero-order chi connectivity index (χ0) is 12.3. The summed E-state index contributed by atoms with van der Waals surface area (Å²) in [4.78, 5) is 4.45. The normalized spacial score (nSPS) is 10.8. The summed E-state index contributed by atoms with van der Waals surface area (Å²) in [5, 5.41) is 3.30. The second-order valence-electron chi connectivity index (χ2n) is 4.36. The molecule has 1 aromatic heterocycles. The largest absolute Gasteiger partial charge is 0.437 e. The standard InChI is InChI=1S/C14H18N2O/c1-4-15-9-11-5-6-13-12(8-11)16-14(17-13)7-10(2)3/h5-8,15H,4,9H2,1-3H3. The Balaban J connectivity index is 2.31. The molecule has 1 heterocycles. The molecule has 3 heteroatoms. The highest BCUT2D eigenvalue weighted by Gasteiger charge is 2.04. The molecule has 3 nitrogen and oxygen atoms in total. The minimum Gasteiger partial charge on any atom is -0.437 e. The van der Waals surface area contributed by atoms with E-state index in [4.69, 9.17) is 4.42 Å². The van der Waals surface area contributed by atoms with E-state index in [0.717, 1.165) is 24.2 Å². The molecular weight excluding hydrogens is 212 g/mol. The number of fused-ring (bicyclic) bond motifs is 1. The van der Waals surface area contributed by atoms with Crippen molar-refractivity contribution in [3.05, 3.63) is 35.2 Å². The Bertz CT molecular complexity index is 536. The fraction of sp³-hybridized carbons (Fsp3) is 0.357. The molecule has 0 radical (unpaired) electrons. The van der Waals surface area contributed by atoms with Crippen molar-refractivity contribution in [2.24, 2.45) is 0 Å². The first-order valence-electron chi connectivity index (χ1n) is 5.94. The van der Waals surface area contributed by atoms with Gasteiger partial charge in [-0.2, -0.15) is 0 Å². The Morgan fingerprint density at radius 1 is 1.41 bits per heavy atom. The molecule has 17 heavy (non-hydrogen) atoms. The smallest absolute Gasteiger partial charge is 0.219 e. The average molecular weight is 230 g/mol. The molecular formula is C14H18N2O. The summed E-state index contributed by atoms with van der Waals surface area (Å²) < 4.78 is 5.63. The summed E-state index contributed by atoms with van der Waals surface area (Å²) in [5.41, 5.74) is 4.19. The van der Waals surface area contributed by atoms with Crippen molar-refractivity contribution in [1.29, 1.82) is 0 Å². The van der Waals surface area contributed by atoms with Crippen LogP contribution in [0, 0.1) is 0 Å². The van der Waals surface area contributed by atoms with E-state index in [1.807, 2.05) is 26.0 Å². The van der Waals surface area contributed by atoms with E-state index >= 15 is 0 Å². The Morgan fingerprint density at radius 2 is 2.24 bits per heavy atom. The van der Waals surface area contributed by atoms with E-state index in [1.165, 1.54) is 11.1 Å². The van der Waals surface area contributed by atoms with Gasteiger partial charge in [-0.25, -0.2) is 4.98 Å². The van der Waals surface area contributed by atoms with Crippen LogP contribution in [0.4, 0.5) is 0 Å². The van der Waals surface area contributed by atoms with Gasteiger partial charge in [0.1, 0.15) is 5.52 Å². The quantitative estimate of drug-likeness (QED) is 0.875. The number of rotatable bonds is 4. The molecule has 0 fully saturated rings. The van der Waals surface area contributed by atoms with Gasteiger partial charge in [-0.3, -0.25) is 0 Å². The van der Waals surface area contributed by atoms with Crippen molar-refractivity contribution in [3.63, 3.8) is 0 Å². The fourth-order valence-corrected chi connectivity index (χ4v) is 1.68. The molecule has 0 atom stereocenters. The highest BCUT2D eigenvalue weighted by molar-refractivity contribution is 5.74. The topological polar surface area (TPSA) is 38.1 Å². The van der Waals surface area contributed by atoms with Crippen LogP contribution in [0.5, 0.6) is 0 Å². The van der Waals surface area contributed by atoms with E-state index < -0.39 is 0 Å². The predicted molar refractivity (Wildman–Crippen MR) is 70.7 cm³/mol. The minimum atomic E-state index is 0.681. The van der Waals surface area contributed by atoms with E-state index in [9.17, 15) is 0 Å². The molecule has 0 aliphatic heterocycles. The summed E-state index contributed by atoms with van der Waals surface area (Å²) in [6.07, 6.45) is 1.95. The van der Waals surface area contributed by atoms with Gasteiger partial charge in [0, 0.05) is 6.54 Å². The summed E-state index contributed by atoms with van der Waals surface area (Å²) in [7, 11) is 0. The summed E-state index contributed by atoms with van der Waals surface area (Å²) in [6, 6.07) is 6.13. The van der Waals surface area contributed by atoms with Gasteiger partial charge in [0.05, 0.1) is 0 Å². The lowest BCUT2D eigenvalue weighted by Gasteiger charge is -2.00. The first-order valence-corrected chi connectivity index (χ1v) is 5.94. The van der Waals surface area contributed by atoms with Crippen molar-refractivity contribution in [1.82, 2.24) is 10.3 Å². The van der Waals surface area contributed by atoms with Crippen molar-refractivity contribution in [2.45, 2.75) is 27.3 Å². The van der Waals surface area contributed by atoms with Crippen LogP contribution in [0.25, 0.3) is 17.2 Å². The Morgan fingerprint density at radius 3 is 2.94 bits per heavy atom. The van der Waals surface area contributed by atoms with Crippen LogP contribution in [-0.2, 0) is 6.54 Å². The van der Waals surface area contributed by atoms with Crippen molar-refractivity contribution in [2.75, 3.05) is 6.54 Å². The highest BCUT2D eigenvalue weighted by Crippen LogP contribution is 2.18. The van der Waals surface area contributed by atoms with Gasteiger partial charge in [0.25, 0.3) is 0 Å². The maximum Gasteiger partial charge on any atom is 0.219 e. The zero-order valence-electron chi connectivity index (χ0n) is 10.6. The van der Waals surface area contributed by atoms with Crippen molar-refractivity contribution in [3.8, 4) is 0 Å². The lowest BCUT2D eigenvalue weighted by Crippen LogP contribution is -2.11. The van der Waals surface area contributed by atoms with Crippen LogP contribution in [0.15, 0.2) is 28.2 Å². The Kier molecular flexibility index (Phi) is 3.59. The third kappa shape index (κ3) is 2.94. The number of aromatic nitrogens is 1. The van der Waals surface area contributed by atoms with E-state index in [0.29, 0.717) is 5.89 Å². The molecule has 1 aromatic carbocycles. The van der Waals surface area contributed by atoms with E-state index in [2.05, 4.69) is 29.4 Å². The summed E-state index contributed by atoms with van der Waals surface area (Å²) in [5.74, 6) is 0.681. The molecule has 0 aliphatic rings. The molecule has 0 amide bonds. The van der Waals surface area contributed by atoms with Gasteiger partial charge in [-0.15, -0.1) is 0 Å². The number of oxazole rings is 1. The van der Waals surface area contributed by atoms with Gasteiger partial charge in [0.15, 0.2) is 5.58 Å². The molecule has 2 rings (SSSR count). The Labute approximate surface area is 102 Å². The number of hydrogen-bond acceptors (Lipinski definition) is 3. The maximum atomic E-state index is 5.63. The first kappa shape index (κ1) is 11.9. The molecule has 90 valence electrons. The van der Waals surface area contributed by atoms with Gasteiger partial charge in [-0.05, 0) is 44.2 Å². The van der Waals surface area contributed by atoms with Crippen LogP contribution in [0.1, 0.15) is 32.2 Å². The van der Waals surface area contributed by atoms with Crippen LogP contribution in [-0.4, -0.2) is 11.5 Å². The lowest BCUT2D eigenvalue weighted by molar-refractivity contribution is 0.588. The SMILES string of the molecule is CCNCc1ccc2oc(C=C(C)C)nc2c1.